The summed E-state index contributed by atoms with van der Waals surface area (Å²) in [6.07, 6.45) is 0.619. The van der Waals surface area contributed by atoms with Crippen molar-refractivity contribution >= 4 is 27.3 Å². The number of halogens is 1. The van der Waals surface area contributed by atoms with Gasteiger partial charge in [-0.05, 0) is 31.9 Å². The van der Waals surface area contributed by atoms with Crippen LogP contribution in [0.4, 0.5) is 5.69 Å². The van der Waals surface area contributed by atoms with Crippen LogP contribution in [0.5, 0.6) is 0 Å². The van der Waals surface area contributed by atoms with Gasteiger partial charge in [-0.3, -0.25) is 10.1 Å². The first-order valence-corrected chi connectivity index (χ1v) is 7.52. The molecule has 0 fully saturated rings. The highest BCUT2D eigenvalue weighted by Crippen LogP contribution is 2.30. The Bertz CT molecular complexity index is 601. The number of aryl methyl sites for hydroxylation is 1. The molecule has 0 heterocycles. The van der Waals surface area contributed by atoms with Gasteiger partial charge in [0, 0.05) is 12.1 Å². The number of nitrogens with zero attached hydrogens (tertiary/aromatic N) is 1. The number of nitro groups is 1. The van der Waals surface area contributed by atoms with Crippen LogP contribution in [0.3, 0.4) is 0 Å². The molecule has 1 aromatic rings. The van der Waals surface area contributed by atoms with E-state index in [-0.39, 0.29) is 16.0 Å². The predicted octanol–water partition coefficient (Wildman–Crippen LogP) is 2.63. The molecule has 1 rings (SSSR count). The Morgan fingerprint density at radius 2 is 2.05 bits per heavy atom. The van der Waals surface area contributed by atoms with E-state index in [0.717, 1.165) is 6.07 Å². The zero-order valence-electron chi connectivity index (χ0n) is 10.8. The molecule has 0 radical (unpaired) electrons. The highest BCUT2D eigenvalue weighted by atomic mass is 35.5. The summed E-state index contributed by atoms with van der Waals surface area (Å²) in [5, 5.41) is 10.7. The fourth-order valence-electron chi connectivity index (χ4n) is 1.48. The predicted molar refractivity (Wildman–Crippen MR) is 72.9 cm³/mol. The molecule has 1 atom stereocenters. The quantitative estimate of drug-likeness (QED) is 0.669. The van der Waals surface area contributed by atoms with Crippen LogP contribution in [0.2, 0.25) is 5.02 Å². The molecule has 0 bridgehead atoms. The van der Waals surface area contributed by atoms with Crippen LogP contribution >= 0.6 is 11.6 Å². The van der Waals surface area contributed by atoms with E-state index in [0.29, 0.717) is 12.0 Å². The normalized spacial score (nSPS) is 13.3. The van der Waals surface area contributed by atoms with Crippen LogP contribution < -0.4 is 4.72 Å². The van der Waals surface area contributed by atoms with Gasteiger partial charge in [0.05, 0.1) is 9.82 Å². The van der Waals surface area contributed by atoms with Gasteiger partial charge in [-0.15, -0.1) is 0 Å². The Morgan fingerprint density at radius 1 is 1.47 bits per heavy atom. The molecule has 1 unspecified atom stereocenters. The topological polar surface area (TPSA) is 89.3 Å². The third-order valence-electron chi connectivity index (χ3n) is 2.70. The van der Waals surface area contributed by atoms with Gasteiger partial charge in [0.25, 0.3) is 5.69 Å². The van der Waals surface area contributed by atoms with Crippen LogP contribution in [0.15, 0.2) is 17.0 Å². The van der Waals surface area contributed by atoms with E-state index >= 15 is 0 Å². The van der Waals surface area contributed by atoms with Crippen molar-refractivity contribution in [3.05, 3.63) is 32.8 Å². The van der Waals surface area contributed by atoms with Crippen molar-refractivity contribution in [3.63, 3.8) is 0 Å². The first-order chi connectivity index (χ1) is 8.69. The molecule has 8 heteroatoms. The summed E-state index contributed by atoms with van der Waals surface area (Å²) >= 11 is 5.72. The van der Waals surface area contributed by atoms with Crippen molar-refractivity contribution in [2.24, 2.45) is 0 Å². The molecule has 1 aromatic carbocycles. The average Bonchev–Trinajstić information content (AvgIpc) is 2.27. The molecule has 0 aliphatic heterocycles. The largest absolute Gasteiger partial charge is 0.289 e. The number of nitrogens with one attached hydrogen (secondary N) is 1. The molecule has 19 heavy (non-hydrogen) atoms. The van der Waals surface area contributed by atoms with E-state index in [1.807, 2.05) is 6.92 Å². The first-order valence-electron chi connectivity index (χ1n) is 5.66. The highest BCUT2D eigenvalue weighted by molar-refractivity contribution is 7.89. The van der Waals surface area contributed by atoms with Gasteiger partial charge in [-0.25, -0.2) is 13.1 Å². The van der Waals surface area contributed by atoms with Gasteiger partial charge in [0.2, 0.25) is 10.0 Å². The Morgan fingerprint density at radius 3 is 2.53 bits per heavy atom. The van der Waals surface area contributed by atoms with Gasteiger partial charge in [0.15, 0.2) is 0 Å². The maximum absolute atomic E-state index is 12.1. The Balaban J connectivity index is 3.34. The molecule has 106 valence electrons. The fraction of sp³-hybridized carbons (Fsp3) is 0.455. The maximum atomic E-state index is 12.1. The summed E-state index contributed by atoms with van der Waals surface area (Å²) in [4.78, 5) is 9.97. The molecule has 0 aromatic heterocycles. The molecular formula is C11H15ClN2O4S. The van der Waals surface area contributed by atoms with E-state index in [2.05, 4.69) is 4.72 Å². The molecular weight excluding hydrogens is 292 g/mol. The standard InChI is InChI=1S/C11H15ClN2O4S/c1-4-8(3)13-19(17,18)11-6-10(14(15)16)9(12)5-7(11)2/h5-6,8,13H,4H2,1-3H3. The molecule has 6 nitrogen and oxygen atoms in total. The minimum absolute atomic E-state index is 0.0787. The third-order valence-corrected chi connectivity index (χ3v) is 4.73. The monoisotopic (exact) mass is 306 g/mol. The molecule has 0 saturated carbocycles. The summed E-state index contributed by atoms with van der Waals surface area (Å²) in [6.45, 7) is 5.10. The SMILES string of the molecule is CCC(C)NS(=O)(=O)c1cc([N+](=O)[O-])c(Cl)cc1C. The van der Waals surface area contributed by atoms with Crippen LogP contribution in [0.25, 0.3) is 0 Å². The van der Waals surface area contributed by atoms with E-state index in [1.54, 1.807) is 13.8 Å². The van der Waals surface area contributed by atoms with Crippen LogP contribution in [-0.2, 0) is 10.0 Å². The number of hydrogen-bond acceptors (Lipinski definition) is 4. The summed E-state index contributed by atoms with van der Waals surface area (Å²) in [5.41, 5.74) is -0.0526. The van der Waals surface area contributed by atoms with E-state index in [9.17, 15) is 18.5 Å². The molecule has 0 spiro atoms. The highest BCUT2D eigenvalue weighted by Gasteiger charge is 2.24. The smallest absolute Gasteiger partial charge is 0.258 e. The lowest BCUT2D eigenvalue weighted by atomic mass is 10.2. The Hall–Kier alpha value is -1.18. The number of nitro benzene ring substituents is 1. The first kappa shape index (κ1) is 15.9. The molecule has 1 N–H and O–H groups in total. The second kappa shape index (κ2) is 5.85. The van der Waals surface area contributed by atoms with Crippen LogP contribution in [0, 0.1) is 17.0 Å². The van der Waals surface area contributed by atoms with Gasteiger partial charge in [-0.1, -0.05) is 18.5 Å². The molecule has 0 aliphatic carbocycles. The second-order valence-corrected chi connectivity index (χ2v) is 6.35. The number of hydrogen-bond donors (Lipinski definition) is 1. The lowest BCUT2D eigenvalue weighted by Crippen LogP contribution is -2.32. The average molecular weight is 307 g/mol. The zero-order chi connectivity index (χ0) is 14.8. The Kier molecular flexibility index (Phi) is 4.89. The van der Waals surface area contributed by atoms with Gasteiger partial charge in [0.1, 0.15) is 5.02 Å². The zero-order valence-corrected chi connectivity index (χ0v) is 12.4. The second-order valence-electron chi connectivity index (χ2n) is 4.26. The van der Waals surface area contributed by atoms with Gasteiger partial charge in [-0.2, -0.15) is 0 Å². The summed E-state index contributed by atoms with van der Waals surface area (Å²) < 4.78 is 26.7. The van der Waals surface area contributed by atoms with E-state index in [1.165, 1.54) is 6.07 Å². The van der Waals surface area contributed by atoms with Crippen molar-refractivity contribution in [2.45, 2.75) is 38.1 Å². The maximum Gasteiger partial charge on any atom is 0.289 e. The van der Waals surface area contributed by atoms with Gasteiger partial charge < -0.3 is 0 Å². The number of sulfonamides is 1. The number of benzene rings is 1. The summed E-state index contributed by atoms with van der Waals surface area (Å²) in [7, 11) is -3.79. The summed E-state index contributed by atoms with van der Waals surface area (Å²) in [5.74, 6) is 0. The molecule has 0 aliphatic rings. The van der Waals surface area contributed by atoms with E-state index in [4.69, 9.17) is 11.6 Å². The lowest BCUT2D eigenvalue weighted by molar-refractivity contribution is -0.384. The number of rotatable bonds is 5. The van der Waals surface area contributed by atoms with Crippen molar-refractivity contribution < 1.29 is 13.3 Å². The third kappa shape index (κ3) is 3.65. The van der Waals surface area contributed by atoms with Crippen molar-refractivity contribution in [2.75, 3.05) is 0 Å². The van der Waals surface area contributed by atoms with Crippen molar-refractivity contribution in [3.8, 4) is 0 Å². The minimum Gasteiger partial charge on any atom is -0.258 e. The summed E-state index contributed by atoms with van der Waals surface area (Å²) in [6, 6.07) is 2.02. The fourth-order valence-corrected chi connectivity index (χ4v) is 3.34. The van der Waals surface area contributed by atoms with E-state index < -0.39 is 20.6 Å². The lowest BCUT2D eigenvalue weighted by Gasteiger charge is -2.13. The molecule has 0 amide bonds. The minimum atomic E-state index is -3.79. The van der Waals surface area contributed by atoms with Crippen LogP contribution in [-0.4, -0.2) is 19.4 Å². The van der Waals surface area contributed by atoms with Gasteiger partial charge >= 0.3 is 0 Å². The Labute approximate surface area is 117 Å². The van der Waals surface area contributed by atoms with Crippen LogP contribution in [0.1, 0.15) is 25.8 Å². The molecule has 0 saturated heterocycles. The van der Waals surface area contributed by atoms with Crippen molar-refractivity contribution in [1.29, 1.82) is 0 Å². The van der Waals surface area contributed by atoms with Crippen molar-refractivity contribution in [1.82, 2.24) is 4.72 Å².